The van der Waals surface area contributed by atoms with E-state index in [9.17, 15) is 25.2 Å². The van der Waals surface area contributed by atoms with E-state index < -0.39 is 60.6 Å². The number of aliphatic hydroxyl groups is 3. The second-order valence-corrected chi connectivity index (χ2v) is 10.1. The van der Waals surface area contributed by atoms with Gasteiger partial charge >= 0.3 is 5.97 Å². The number of fused-ring (bicyclic) bond motifs is 2. The van der Waals surface area contributed by atoms with E-state index >= 15 is 0 Å². The van der Waals surface area contributed by atoms with Crippen LogP contribution in [0, 0.1) is 23.7 Å². The Morgan fingerprint density at radius 1 is 0.938 bits per heavy atom. The van der Waals surface area contributed by atoms with Gasteiger partial charge in [0.15, 0.2) is 30.6 Å². The average molecular weight is 460 g/mol. The Balaban J connectivity index is 1.41. The summed E-state index contributed by atoms with van der Waals surface area (Å²) in [6.45, 7) is 5.94. The van der Waals surface area contributed by atoms with Crippen LogP contribution in [-0.4, -0.2) is 81.1 Å². The van der Waals surface area contributed by atoms with Crippen LogP contribution in [-0.2, 0) is 33.5 Å². The summed E-state index contributed by atoms with van der Waals surface area (Å²) in [4.78, 5) is 23.2. The number of hydrogen-bond acceptors (Lipinski definition) is 10. The summed E-state index contributed by atoms with van der Waals surface area (Å²) in [7, 11) is 0. The highest BCUT2D eigenvalue weighted by atomic mass is 17.3. The van der Waals surface area contributed by atoms with Crippen molar-refractivity contribution < 1.29 is 53.9 Å². The molecule has 6 rings (SSSR count). The van der Waals surface area contributed by atoms with E-state index in [4.69, 9.17) is 28.7 Å². The Bertz CT molecular complexity index is 749. The van der Waals surface area contributed by atoms with E-state index in [1.54, 1.807) is 6.92 Å². The van der Waals surface area contributed by atoms with Crippen LogP contribution in [0.4, 0.5) is 0 Å². The third-order valence-electron chi connectivity index (χ3n) is 8.18. The van der Waals surface area contributed by atoms with E-state index in [1.165, 1.54) is 0 Å². The molecule has 2 bridgehead atoms. The first-order valence-corrected chi connectivity index (χ1v) is 11.4. The SMILES string of the molecule is C[C@@H]1[C@@H](O[C@H]2O[C@@H](C(=O)O)[C@H](O)[C@@H](O)[C@@H]2O)O[C@@H]2O[C@@]3(C)CC[C@H]4[C@H](C)CC[C@@H]1[C@@]24OO3. The molecule has 6 fully saturated rings. The fourth-order valence-electron chi connectivity index (χ4n) is 6.32. The van der Waals surface area contributed by atoms with Crippen molar-refractivity contribution in [2.75, 3.05) is 0 Å². The number of rotatable bonds is 3. The molecular formula is C21H32O11. The first kappa shape index (κ1) is 22.9. The standard InChI is InChI=1S/C21H32O11/c1-8-4-5-11-9(2)17(28-18-14(24)12(22)13(23)15(27-18)16(25)26)29-19-21(11)10(8)6-7-20(3,30-19)31-32-21/h8-15,17-19,22-24H,4-7H2,1-3H3,(H,25,26)/t8-,9+,10+,11+,12-,13-,14+,15-,17+,18-,19-,20-,21-/m1/s1. The monoisotopic (exact) mass is 460 g/mol. The Morgan fingerprint density at radius 3 is 2.41 bits per heavy atom. The van der Waals surface area contributed by atoms with Gasteiger partial charge in [-0.3, -0.25) is 0 Å². The smallest absolute Gasteiger partial charge is 0.335 e. The second-order valence-electron chi connectivity index (χ2n) is 10.1. The molecule has 0 radical (unpaired) electrons. The molecule has 11 nitrogen and oxygen atoms in total. The minimum Gasteiger partial charge on any atom is -0.479 e. The maximum Gasteiger partial charge on any atom is 0.335 e. The van der Waals surface area contributed by atoms with Crippen LogP contribution in [0.5, 0.6) is 0 Å². The summed E-state index contributed by atoms with van der Waals surface area (Å²) < 4.78 is 23.7. The summed E-state index contributed by atoms with van der Waals surface area (Å²) in [6, 6.07) is 0. The fraction of sp³-hybridized carbons (Fsp3) is 0.952. The molecule has 6 aliphatic rings. The number of aliphatic carboxylic acids is 1. The van der Waals surface area contributed by atoms with Gasteiger partial charge in [-0.15, -0.1) is 0 Å². The Kier molecular flexibility index (Phi) is 5.59. The zero-order valence-electron chi connectivity index (χ0n) is 18.3. The van der Waals surface area contributed by atoms with Crippen molar-refractivity contribution in [3.05, 3.63) is 0 Å². The van der Waals surface area contributed by atoms with Crippen molar-refractivity contribution in [3.63, 3.8) is 0 Å². The molecule has 4 N–H and O–H groups in total. The molecular weight excluding hydrogens is 428 g/mol. The molecule has 5 saturated heterocycles. The largest absolute Gasteiger partial charge is 0.479 e. The molecule has 0 aromatic heterocycles. The maximum absolute atomic E-state index is 11.4. The summed E-state index contributed by atoms with van der Waals surface area (Å²) in [6.07, 6.45) is -6.80. The molecule has 0 unspecified atom stereocenters. The van der Waals surface area contributed by atoms with Crippen LogP contribution in [0.2, 0.25) is 0 Å². The third kappa shape index (κ3) is 3.25. The first-order chi connectivity index (χ1) is 15.1. The number of carbonyl (C=O) groups is 1. The van der Waals surface area contributed by atoms with Gasteiger partial charge in [0, 0.05) is 18.3 Å². The summed E-state index contributed by atoms with van der Waals surface area (Å²) in [5.41, 5.74) is -0.793. The molecule has 1 saturated carbocycles. The maximum atomic E-state index is 11.4. The van der Waals surface area contributed by atoms with Crippen molar-refractivity contribution in [3.8, 4) is 0 Å². The highest BCUT2D eigenvalue weighted by Gasteiger charge is 2.69. The molecule has 13 atom stereocenters. The number of hydrogen-bond donors (Lipinski definition) is 4. The Hall–Kier alpha value is -0.890. The molecule has 1 spiro atoms. The lowest BCUT2D eigenvalue weighted by Crippen LogP contribution is -2.71. The van der Waals surface area contributed by atoms with Crippen molar-refractivity contribution in [2.45, 2.75) is 101 Å². The van der Waals surface area contributed by atoms with Gasteiger partial charge in [0.25, 0.3) is 0 Å². The second kappa shape index (κ2) is 7.82. The average Bonchev–Trinajstić information content (AvgIpc) is 2.97. The lowest BCUT2D eigenvalue weighted by atomic mass is 9.58. The quantitative estimate of drug-likeness (QED) is 0.424. The zero-order valence-corrected chi connectivity index (χ0v) is 18.3. The van der Waals surface area contributed by atoms with Gasteiger partial charge in [-0.05, 0) is 38.0 Å². The number of carboxylic acids is 1. The van der Waals surface area contributed by atoms with Crippen LogP contribution in [0.3, 0.4) is 0 Å². The first-order valence-electron chi connectivity index (χ1n) is 11.4. The van der Waals surface area contributed by atoms with Crippen LogP contribution in [0.15, 0.2) is 0 Å². The van der Waals surface area contributed by atoms with E-state index in [-0.39, 0.29) is 17.8 Å². The van der Waals surface area contributed by atoms with E-state index in [0.29, 0.717) is 12.3 Å². The van der Waals surface area contributed by atoms with Crippen molar-refractivity contribution >= 4 is 5.97 Å². The highest BCUT2D eigenvalue weighted by molar-refractivity contribution is 5.73. The lowest BCUT2D eigenvalue weighted by molar-refractivity contribution is -0.579. The molecule has 0 amide bonds. The normalized spacial score (nSPS) is 57.5. The number of carboxylic acid groups (broad SMARTS) is 1. The molecule has 0 aromatic carbocycles. The molecule has 182 valence electrons. The lowest BCUT2D eigenvalue weighted by Gasteiger charge is -2.60. The van der Waals surface area contributed by atoms with Gasteiger partial charge in [0.1, 0.15) is 18.3 Å². The topological polar surface area (TPSA) is 153 Å². The van der Waals surface area contributed by atoms with Crippen LogP contribution in [0.25, 0.3) is 0 Å². The minimum atomic E-state index is -1.79. The summed E-state index contributed by atoms with van der Waals surface area (Å²) in [5.74, 6) is -2.14. The predicted octanol–water partition coefficient (Wildman–Crippen LogP) is 0.103. The van der Waals surface area contributed by atoms with Gasteiger partial charge in [0.2, 0.25) is 5.79 Å². The predicted molar refractivity (Wildman–Crippen MR) is 102 cm³/mol. The van der Waals surface area contributed by atoms with E-state index in [2.05, 4.69) is 6.92 Å². The summed E-state index contributed by atoms with van der Waals surface area (Å²) >= 11 is 0. The van der Waals surface area contributed by atoms with Gasteiger partial charge in [0.05, 0.1) is 0 Å². The number of ether oxygens (including phenoxy) is 4. The van der Waals surface area contributed by atoms with Crippen LogP contribution < -0.4 is 0 Å². The highest BCUT2D eigenvalue weighted by Crippen LogP contribution is 2.60. The van der Waals surface area contributed by atoms with Gasteiger partial charge in [-0.1, -0.05) is 13.8 Å². The molecule has 1 aliphatic carbocycles. The third-order valence-corrected chi connectivity index (χ3v) is 8.18. The summed E-state index contributed by atoms with van der Waals surface area (Å²) in [5, 5.41) is 39.7. The van der Waals surface area contributed by atoms with E-state index in [0.717, 1.165) is 19.3 Å². The van der Waals surface area contributed by atoms with Gasteiger partial charge in [-0.2, -0.15) is 0 Å². The molecule has 11 heteroatoms. The van der Waals surface area contributed by atoms with Crippen LogP contribution >= 0.6 is 0 Å². The zero-order chi connectivity index (χ0) is 23.0. The molecule has 5 heterocycles. The fourth-order valence-corrected chi connectivity index (χ4v) is 6.32. The minimum absolute atomic E-state index is 0.0402. The van der Waals surface area contributed by atoms with Gasteiger partial charge < -0.3 is 39.4 Å². The van der Waals surface area contributed by atoms with E-state index in [1.807, 2.05) is 6.92 Å². The van der Waals surface area contributed by atoms with Crippen molar-refractivity contribution in [1.29, 1.82) is 0 Å². The Labute approximate surface area is 185 Å². The number of aliphatic hydroxyl groups excluding tert-OH is 3. The molecule has 32 heavy (non-hydrogen) atoms. The Morgan fingerprint density at radius 2 is 1.69 bits per heavy atom. The van der Waals surface area contributed by atoms with Crippen LogP contribution in [0.1, 0.15) is 46.5 Å². The van der Waals surface area contributed by atoms with Gasteiger partial charge in [-0.25, -0.2) is 14.6 Å². The molecule has 0 aromatic rings. The van der Waals surface area contributed by atoms with Crippen molar-refractivity contribution in [2.24, 2.45) is 23.7 Å². The molecule has 5 aliphatic heterocycles. The van der Waals surface area contributed by atoms with Crippen molar-refractivity contribution in [1.82, 2.24) is 0 Å².